The second-order valence-electron chi connectivity index (χ2n) is 4.68. The molecule has 5 nitrogen and oxygen atoms in total. The zero-order valence-electron chi connectivity index (χ0n) is 11.5. The Hall–Kier alpha value is -2.47. The molecule has 110 valence electrons. The second kappa shape index (κ2) is 6.32. The van der Waals surface area contributed by atoms with Crippen molar-refractivity contribution in [2.45, 2.75) is 19.6 Å². The topological polar surface area (TPSA) is 78.4 Å². The summed E-state index contributed by atoms with van der Waals surface area (Å²) in [4.78, 5) is 10.3. The molecule has 0 aromatic heterocycles. The monoisotopic (exact) mass is 290 g/mol. The summed E-state index contributed by atoms with van der Waals surface area (Å²) in [5.41, 5.74) is 6.69. The number of nitro benzene ring substituents is 1. The van der Waals surface area contributed by atoms with Crippen molar-refractivity contribution in [1.82, 2.24) is 0 Å². The maximum Gasteiger partial charge on any atom is 0.276 e. The van der Waals surface area contributed by atoms with Gasteiger partial charge in [0.05, 0.1) is 10.5 Å². The number of hydrogen-bond acceptors (Lipinski definition) is 4. The average Bonchev–Trinajstić information content (AvgIpc) is 2.45. The van der Waals surface area contributed by atoms with Crippen molar-refractivity contribution in [3.8, 4) is 5.75 Å². The van der Waals surface area contributed by atoms with Gasteiger partial charge in [-0.2, -0.15) is 0 Å². The van der Waals surface area contributed by atoms with E-state index in [1.807, 2.05) is 13.0 Å². The molecule has 21 heavy (non-hydrogen) atoms. The molecule has 0 aliphatic rings. The fourth-order valence-corrected chi connectivity index (χ4v) is 1.90. The fraction of sp³-hybridized carbons (Fsp3) is 0.200. The minimum atomic E-state index is -0.559. The number of nitrogens with zero attached hydrogens (tertiary/aromatic N) is 1. The molecule has 0 radical (unpaired) electrons. The van der Waals surface area contributed by atoms with Gasteiger partial charge < -0.3 is 10.5 Å². The van der Waals surface area contributed by atoms with Gasteiger partial charge >= 0.3 is 0 Å². The minimum absolute atomic E-state index is 0.0868. The molecule has 0 aliphatic carbocycles. The minimum Gasteiger partial charge on any atom is -0.489 e. The van der Waals surface area contributed by atoms with Crippen LogP contribution in [0, 0.1) is 15.9 Å². The molecule has 0 spiro atoms. The van der Waals surface area contributed by atoms with Crippen molar-refractivity contribution in [2.75, 3.05) is 0 Å². The summed E-state index contributed by atoms with van der Waals surface area (Å²) in [5.74, 6) is -0.00751. The van der Waals surface area contributed by atoms with E-state index in [0.717, 1.165) is 23.8 Å². The Bertz CT molecular complexity index is 659. The lowest BCUT2D eigenvalue weighted by Crippen LogP contribution is -2.05. The molecule has 2 rings (SSSR count). The molecule has 0 heterocycles. The largest absolute Gasteiger partial charge is 0.489 e. The molecule has 2 aromatic carbocycles. The summed E-state index contributed by atoms with van der Waals surface area (Å²) in [7, 11) is 0. The average molecular weight is 290 g/mol. The fourth-order valence-electron chi connectivity index (χ4n) is 1.90. The molecule has 0 saturated carbocycles. The van der Waals surface area contributed by atoms with Gasteiger partial charge in [-0.15, -0.1) is 0 Å². The van der Waals surface area contributed by atoms with Crippen LogP contribution in [-0.4, -0.2) is 4.92 Å². The molecule has 2 N–H and O–H groups in total. The number of rotatable bonds is 5. The summed E-state index contributed by atoms with van der Waals surface area (Å²) in [6.45, 7) is 1.76. The van der Waals surface area contributed by atoms with Crippen LogP contribution in [0.4, 0.5) is 10.1 Å². The van der Waals surface area contributed by atoms with Crippen LogP contribution in [0.3, 0.4) is 0 Å². The highest BCUT2D eigenvalue weighted by Gasteiger charge is 2.15. The zero-order chi connectivity index (χ0) is 15.4. The van der Waals surface area contributed by atoms with Crippen LogP contribution in [0.1, 0.15) is 24.1 Å². The molecule has 0 fully saturated rings. The lowest BCUT2D eigenvalue weighted by Gasteiger charge is -2.10. The lowest BCUT2D eigenvalue weighted by molar-refractivity contribution is -0.385. The lowest BCUT2D eigenvalue weighted by atomic mass is 10.1. The van der Waals surface area contributed by atoms with E-state index in [1.54, 1.807) is 18.2 Å². The first-order chi connectivity index (χ1) is 9.97. The molecule has 0 bridgehead atoms. The molecular formula is C15H15FN2O3. The second-order valence-corrected chi connectivity index (χ2v) is 4.68. The predicted molar refractivity (Wildman–Crippen MR) is 76.4 cm³/mol. The molecule has 1 atom stereocenters. The van der Waals surface area contributed by atoms with Crippen LogP contribution in [0.5, 0.6) is 5.75 Å². The summed E-state index contributed by atoms with van der Waals surface area (Å²) in [5, 5.41) is 10.9. The smallest absolute Gasteiger partial charge is 0.276 e. The summed E-state index contributed by atoms with van der Waals surface area (Å²) in [6, 6.07) is 10.3. The van der Waals surface area contributed by atoms with E-state index in [0.29, 0.717) is 5.75 Å². The number of nitrogens with two attached hydrogens (primary N) is 1. The van der Waals surface area contributed by atoms with E-state index < -0.39 is 10.7 Å². The van der Waals surface area contributed by atoms with Crippen molar-refractivity contribution in [3.63, 3.8) is 0 Å². The van der Waals surface area contributed by atoms with Gasteiger partial charge in [0.25, 0.3) is 5.69 Å². The highest BCUT2D eigenvalue weighted by atomic mass is 19.1. The molecular weight excluding hydrogens is 275 g/mol. The standard InChI is InChI=1S/C15H15FN2O3/c1-10(17)11-3-2-4-14(8-11)21-9-12-7-13(16)5-6-15(12)18(19)20/h2-8,10H,9,17H2,1H3. The first-order valence-corrected chi connectivity index (χ1v) is 6.38. The van der Waals surface area contributed by atoms with Gasteiger partial charge in [-0.25, -0.2) is 4.39 Å². The van der Waals surface area contributed by atoms with Gasteiger partial charge in [0.1, 0.15) is 18.2 Å². The van der Waals surface area contributed by atoms with E-state index in [1.165, 1.54) is 0 Å². The maximum absolute atomic E-state index is 13.2. The highest BCUT2D eigenvalue weighted by molar-refractivity contribution is 5.40. The van der Waals surface area contributed by atoms with E-state index in [4.69, 9.17) is 10.5 Å². The summed E-state index contributed by atoms with van der Waals surface area (Å²) < 4.78 is 18.7. The Morgan fingerprint density at radius 2 is 2.10 bits per heavy atom. The third kappa shape index (κ3) is 3.76. The third-order valence-electron chi connectivity index (χ3n) is 3.02. The molecule has 0 saturated heterocycles. The number of hydrogen-bond donors (Lipinski definition) is 1. The van der Waals surface area contributed by atoms with Gasteiger partial charge in [-0.05, 0) is 36.8 Å². The Labute approximate surface area is 121 Å². The number of nitro groups is 1. The number of ether oxygens (including phenoxy) is 1. The van der Waals surface area contributed by atoms with E-state index >= 15 is 0 Å². The summed E-state index contributed by atoms with van der Waals surface area (Å²) in [6.07, 6.45) is 0. The third-order valence-corrected chi connectivity index (χ3v) is 3.02. The van der Waals surface area contributed by atoms with Gasteiger partial charge in [0, 0.05) is 12.1 Å². The normalized spacial score (nSPS) is 12.0. The molecule has 1 unspecified atom stereocenters. The molecule has 6 heteroatoms. The van der Waals surface area contributed by atoms with Crippen molar-refractivity contribution < 1.29 is 14.1 Å². The van der Waals surface area contributed by atoms with Crippen molar-refractivity contribution in [1.29, 1.82) is 0 Å². The first kappa shape index (κ1) is 14.9. The zero-order valence-corrected chi connectivity index (χ0v) is 11.5. The van der Waals surface area contributed by atoms with Crippen LogP contribution >= 0.6 is 0 Å². The predicted octanol–water partition coefficient (Wildman–Crippen LogP) is 3.33. The van der Waals surface area contributed by atoms with Crippen molar-refractivity contribution >= 4 is 5.69 Å². The molecule has 0 aliphatic heterocycles. The SMILES string of the molecule is CC(N)c1cccc(OCc2cc(F)ccc2[N+](=O)[O-])c1. The Morgan fingerprint density at radius 1 is 1.33 bits per heavy atom. The van der Waals surface area contributed by atoms with Crippen molar-refractivity contribution in [2.24, 2.45) is 5.73 Å². The Morgan fingerprint density at radius 3 is 2.76 bits per heavy atom. The van der Waals surface area contributed by atoms with Gasteiger partial charge in [-0.1, -0.05) is 12.1 Å². The van der Waals surface area contributed by atoms with E-state index in [2.05, 4.69) is 0 Å². The highest BCUT2D eigenvalue weighted by Crippen LogP contribution is 2.23. The van der Waals surface area contributed by atoms with Crippen LogP contribution in [-0.2, 0) is 6.61 Å². The number of benzene rings is 2. The van der Waals surface area contributed by atoms with Gasteiger partial charge in [-0.3, -0.25) is 10.1 Å². The van der Waals surface area contributed by atoms with Crippen LogP contribution in [0.15, 0.2) is 42.5 Å². The quantitative estimate of drug-likeness (QED) is 0.676. The first-order valence-electron chi connectivity index (χ1n) is 6.38. The Balaban J connectivity index is 2.18. The summed E-state index contributed by atoms with van der Waals surface area (Å²) >= 11 is 0. The van der Waals surface area contributed by atoms with Crippen LogP contribution in [0.25, 0.3) is 0 Å². The molecule has 0 amide bonds. The van der Waals surface area contributed by atoms with Gasteiger partial charge in [0.15, 0.2) is 0 Å². The van der Waals surface area contributed by atoms with Crippen LogP contribution < -0.4 is 10.5 Å². The molecule has 2 aromatic rings. The van der Waals surface area contributed by atoms with Crippen molar-refractivity contribution in [3.05, 3.63) is 69.5 Å². The van der Waals surface area contributed by atoms with E-state index in [-0.39, 0.29) is 23.9 Å². The number of halogens is 1. The maximum atomic E-state index is 13.2. The van der Waals surface area contributed by atoms with E-state index in [9.17, 15) is 14.5 Å². The van der Waals surface area contributed by atoms with Gasteiger partial charge in [0.2, 0.25) is 0 Å². The Kier molecular flexibility index (Phi) is 4.49. The van der Waals surface area contributed by atoms with Crippen LogP contribution in [0.2, 0.25) is 0 Å².